The van der Waals surface area contributed by atoms with Crippen LogP contribution in [0.5, 0.6) is 0 Å². The van der Waals surface area contributed by atoms with Crippen LogP contribution in [0.1, 0.15) is 18.2 Å². The molecule has 2 rings (SSSR count). The van der Waals surface area contributed by atoms with Gasteiger partial charge in [-0.25, -0.2) is 9.97 Å². The van der Waals surface area contributed by atoms with E-state index in [1.54, 1.807) is 25.3 Å². The Labute approximate surface area is 117 Å². The van der Waals surface area contributed by atoms with E-state index in [0.717, 1.165) is 5.69 Å². The van der Waals surface area contributed by atoms with Gasteiger partial charge < -0.3 is 10.4 Å². The second-order valence-electron chi connectivity index (χ2n) is 4.63. The summed E-state index contributed by atoms with van der Waals surface area (Å²) >= 11 is 6.10. The molecule has 1 aromatic heterocycles. The largest absolute Gasteiger partial charge is 0.384 e. The van der Waals surface area contributed by atoms with Crippen molar-refractivity contribution in [2.75, 3.05) is 11.9 Å². The van der Waals surface area contributed by atoms with E-state index in [-0.39, 0.29) is 6.54 Å². The van der Waals surface area contributed by atoms with E-state index in [4.69, 9.17) is 11.6 Å². The average Bonchev–Trinajstić information content (AvgIpc) is 2.37. The second kappa shape index (κ2) is 5.55. The molecule has 0 aliphatic heterocycles. The molecule has 0 fully saturated rings. The van der Waals surface area contributed by atoms with Gasteiger partial charge in [-0.3, -0.25) is 0 Å². The van der Waals surface area contributed by atoms with Gasteiger partial charge in [0.1, 0.15) is 5.60 Å². The molecule has 1 heterocycles. The standard InChI is InChI=1S/C14H16ClN3O/c1-10-7-8-16-13(18-10)17-9-14(2,19)11-5-3-4-6-12(11)15/h3-8,19H,9H2,1-2H3,(H,16,17,18). The Bertz CT molecular complexity index is 572. The van der Waals surface area contributed by atoms with Gasteiger partial charge in [-0.1, -0.05) is 29.8 Å². The first-order valence-corrected chi connectivity index (χ1v) is 6.38. The maximum atomic E-state index is 10.5. The molecule has 2 aromatic rings. The van der Waals surface area contributed by atoms with Gasteiger partial charge in [-0.05, 0) is 26.0 Å². The van der Waals surface area contributed by atoms with Gasteiger partial charge in [0.2, 0.25) is 5.95 Å². The second-order valence-corrected chi connectivity index (χ2v) is 5.04. The predicted octanol–water partition coefficient (Wildman–Crippen LogP) is 2.76. The molecule has 0 saturated heterocycles. The first kappa shape index (κ1) is 13.8. The van der Waals surface area contributed by atoms with E-state index in [9.17, 15) is 5.11 Å². The monoisotopic (exact) mass is 277 g/mol. The van der Waals surface area contributed by atoms with Gasteiger partial charge in [0.05, 0.1) is 6.54 Å². The van der Waals surface area contributed by atoms with Crippen molar-refractivity contribution in [3.63, 3.8) is 0 Å². The zero-order chi connectivity index (χ0) is 13.9. The van der Waals surface area contributed by atoms with Crippen LogP contribution in [-0.2, 0) is 5.60 Å². The maximum Gasteiger partial charge on any atom is 0.222 e. The molecular formula is C14H16ClN3O. The van der Waals surface area contributed by atoms with Crippen LogP contribution in [0, 0.1) is 6.92 Å². The maximum absolute atomic E-state index is 10.5. The third-order valence-corrected chi connectivity index (χ3v) is 3.17. The molecule has 2 N–H and O–H groups in total. The first-order chi connectivity index (χ1) is 8.99. The number of aryl methyl sites for hydroxylation is 1. The minimum absolute atomic E-state index is 0.278. The Balaban J connectivity index is 2.12. The third kappa shape index (κ3) is 3.43. The summed E-state index contributed by atoms with van der Waals surface area (Å²) in [7, 11) is 0. The molecule has 4 nitrogen and oxygen atoms in total. The number of aromatic nitrogens is 2. The number of hydrogen-bond acceptors (Lipinski definition) is 4. The van der Waals surface area contributed by atoms with Gasteiger partial charge in [0, 0.05) is 22.5 Å². The molecule has 5 heteroatoms. The Hall–Kier alpha value is -1.65. The van der Waals surface area contributed by atoms with Crippen molar-refractivity contribution in [1.82, 2.24) is 9.97 Å². The van der Waals surface area contributed by atoms with E-state index in [2.05, 4.69) is 15.3 Å². The number of aliphatic hydroxyl groups is 1. The van der Waals surface area contributed by atoms with Crippen molar-refractivity contribution >= 4 is 17.5 Å². The van der Waals surface area contributed by atoms with Crippen molar-refractivity contribution in [3.8, 4) is 0 Å². The Morgan fingerprint density at radius 2 is 2.05 bits per heavy atom. The van der Waals surface area contributed by atoms with Gasteiger partial charge >= 0.3 is 0 Å². The fourth-order valence-corrected chi connectivity index (χ4v) is 2.12. The van der Waals surface area contributed by atoms with Gasteiger partial charge in [0.15, 0.2) is 0 Å². The number of nitrogens with one attached hydrogen (secondary N) is 1. The highest BCUT2D eigenvalue weighted by Crippen LogP contribution is 2.27. The number of benzene rings is 1. The van der Waals surface area contributed by atoms with Crippen LogP contribution in [0.4, 0.5) is 5.95 Å². The van der Waals surface area contributed by atoms with Crippen LogP contribution in [0.2, 0.25) is 5.02 Å². The first-order valence-electron chi connectivity index (χ1n) is 6.00. The normalized spacial score (nSPS) is 13.9. The molecular weight excluding hydrogens is 262 g/mol. The molecule has 100 valence electrons. The summed E-state index contributed by atoms with van der Waals surface area (Å²) in [6.07, 6.45) is 1.68. The smallest absolute Gasteiger partial charge is 0.222 e. The molecule has 0 radical (unpaired) electrons. The van der Waals surface area contributed by atoms with E-state index < -0.39 is 5.60 Å². The molecule has 0 bridgehead atoms. The highest BCUT2D eigenvalue weighted by Gasteiger charge is 2.25. The Morgan fingerprint density at radius 1 is 1.32 bits per heavy atom. The van der Waals surface area contributed by atoms with Crippen LogP contribution in [0.25, 0.3) is 0 Å². The zero-order valence-electron chi connectivity index (χ0n) is 10.9. The average molecular weight is 278 g/mol. The summed E-state index contributed by atoms with van der Waals surface area (Å²) in [5.74, 6) is 0.493. The van der Waals surface area contributed by atoms with Crippen LogP contribution in [0.3, 0.4) is 0 Å². The SMILES string of the molecule is Cc1ccnc(NCC(C)(O)c2ccccc2Cl)n1. The van der Waals surface area contributed by atoms with Crippen molar-refractivity contribution in [2.45, 2.75) is 19.4 Å². The topological polar surface area (TPSA) is 58.0 Å². The van der Waals surface area contributed by atoms with E-state index >= 15 is 0 Å². The van der Waals surface area contributed by atoms with E-state index in [0.29, 0.717) is 16.5 Å². The predicted molar refractivity (Wildman–Crippen MR) is 76.3 cm³/mol. The lowest BCUT2D eigenvalue weighted by Crippen LogP contribution is -2.31. The number of anilines is 1. The lowest BCUT2D eigenvalue weighted by atomic mass is 9.96. The van der Waals surface area contributed by atoms with Crippen molar-refractivity contribution < 1.29 is 5.11 Å². The van der Waals surface area contributed by atoms with Crippen molar-refractivity contribution in [2.24, 2.45) is 0 Å². The fourth-order valence-electron chi connectivity index (χ4n) is 1.78. The van der Waals surface area contributed by atoms with Gasteiger partial charge in [-0.2, -0.15) is 0 Å². The highest BCUT2D eigenvalue weighted by atomic mass is 35.5. The number of nitrogens with zero attached hydrogens (tertiary/aromatic N) is 2. The molecule has 1 unspecified atom stereocenters. The minimum Gasteiger partial charge on any atom is -0.384 e. The number of hydrogen-bond donors (Lipinski definition) is 2. The lowest BCUT2D eigenvalue weighted by Gasteiger charge is -2.25. The van der Waals surface area contributed by atoms with Crippen LogP contribution >= 0.6 is 11.6 Å². The van der Waals surface area contributed by atoms with Crippen molar-refractivity contribution in [1.29, 1.82) is 0 Å². The zero-order valence-corrected chi connectivity index (χ0v) is 11.6. The van der Waals surface area contributed by atoms with E-state index in [1.165, 1.54) is 0 Å². The van der Waals surface area contributed by atoms with Crippen molar-refractivity contribution in [3.05, 3.63) is 52.8 Å². The summed E-state index contributed by atoms with van der Waals surface area (Å²) in [5, 5.41) is 14.1. The van der Waals surface area contributed by atoms with Gasteiger partial charge in [0.25, 0.3) is 0 Å². The fraction of sp³-hybridized carbons (Fsp3) is 0.286. The molecule has 1 atom stereocenters. The highest BCUT2D eigenvalue weighted by molar-refractivity contribution is 6.31. The summed E-state index contributed by atoms with van der Waals surface area (Å²) in [4.78, 5) is 8.32. The summed E-state index contributed by atoms with van der Waals surface area (Å²) < 4.78 is 0. The number of halogens is 1. The Kier molecular flexibility index (Phi) is 4.02. The van der Waals surface area contributed by atoms with Crippen LogP contribution in [0.15, 0.2) is 36.5 Å². The minimum atomic E-state index is -1.09. The molecule has 0 aliphatic carbocycles. The molecule has 0 amide bonds. The molecule has 19 heavy (non-hydrogen) atoms. The molecule has 0 spiro atoms. The summed E-state index contributed by atoms with van der Waals surface area (Å²) in [6.45, 7) is 3.87. The summed E-state index contributed by atoms with van der Waals surface area (Å²) in [6, 6.07) is 9.06. The lowest BCUT2D eigenvalue weighted by molar-refractivity contribution is 0.0714. The summed E-state index contributed by atoms with van der Waals surface area (Å²) in [5.41, 5.74) is 0.456. The van der Waals surface area contributed by atoms with E-state index in [1.807, 2.05) is 25.1 Å². The Morgan fingerprint density at radius 3 is 2.74 bits per heavy atom. The third-order valence-electron chi connectivity index (χ3n) is 2.84. The number of rotatable bonds is 4. The molecule has 0 saturated carbocycles. The quantitative estimate of drug-likeness (QED) is 0.902. The van der Waals surface area contributed by atoms with Gasteiger partial charge in [-0.15, -0.1) is 0 Å². The molecule has 0 aliphatic rings. The van der Waals surface area contributed by atoms with Crippen LogP contribution < -0.4 is 5.32 Å². The van der Waals surface area contributed by atoms with Crippen LogP contribution in [-0.4, -0.2) is 21.6 Å². The molecule has 1 aromatic carbocycles.